The Hall–Kier alpha value is -2.56. The van der Waals surface area contributed by atoms with Crippen molar-refractivity contribution in [2.45, 2.75) is 32.2 Å². The number of piperidine rings is 1. The topological polar surface area (TPSA) is 62.4 Å². The number of carbonyl (C=O) groups excluding carboxylic acids is 2. The SMILES string of the molecule is CCOC(=O)c1cc2cc(/C=C/N3C(=O)[C@@H]4CC[C@H]3C4)ccc2[nH]1. The van der Waals surface area contributed by atoms with Crippen LogP contribution in [0.3, 0.4) is 0 Å². The Labute approximate surface area is 140 Å². The number of carbonyl (C=O) groups is 2. The zero-order valence-electron chi connectivity index (χ0n) is 13.6. The van der Waals surface area contributed by atoms with Crippen LogP contribution in [-0.2, 0) is 9.53 Å². The summed E-state index contributed by atoms with van der Waals surface area (Å²) in [7, 11) is 0. The van der Waals surface area contributed by atoms with Gasteiger partial charge in [0, 0.05) is 29.1 Å². The Bertz CT molecular complexity index is 836. The molecule has 1 amide bonds. The number of rotatable bonds is 4. The lowest BCUT2D eigenvalue weighted by Gasteiger charge is -2.23. The molecule has 0 unspecified atom stereocenters. The molecule has 5 nitrogen and oxygen atoms in total. The van der Waals surface area contributed by atoms with Crippen molar-refractivity contribution in [2.24, 2.45) is 5.92 Å². The Morgan fingerprint density at radius 2 is 2.25 bits per heavy atom. The lowest BCUT2D eigenvalue weighted by molar-refractivity contribution is -0.131. The van der Waals surface area contributed by atoms with Crippen LogP contribution in [0.4, 0.5) is 0 Å². The van der Waals surface area contributed by atoms with Crippen LogP contribution in [0.2, 0.25) is 0 Å². The fourth-order valence-corrected chi connectivity index (χ4v) is 3.76. The molecular formula is C19H20N2O3. The van der Waals surface area contributed by atoms with E-state index in [-0.39, 0.29) is 17.8 Å². The lowest BCUT2D eigenvalue weighted by Crippen LogP contribution is -2.32. The van der Waals surface area contributed by atoms with E-state index in [4.69, 9.17) is 4.74 Å². The third-order valence-electron chi connectivity index (χ3n) is 4.97. The van der Waals surface area contributed by atoms with Crippen LogP contribution in [0.25, 0.3) is 17.0 Å². The van der Waals surface area contributed by atoms with Crippen molar-refractivity contribution in [3.05, 3.63) is 41.7 Å². The predicted molar refractivity (Wildman–Crippen MR) is 91.3 cm³/mol. The molecule has 4 rings (SSSR count). The second-order valence-corrected chi connectivity index (χ2v) is 6.48. The third-order valence-corrected chi connectivity index (χ3v) is 4.97. The molecule has 2 aromatic rings. The average Bonchev–Trinajstić information content (AvgIpc) is 3.27. The molecule has 2 aliphatic rings. The zero-order valence-corrected chi connectivity index (χ0v) is 13.6. The van der Waals surface area contributed by atoms with Gasteiger partial charge in [0.25, 0.3) is 0 Å². The van der Waals surface area contributed by atoms with Gasteiger partial charge < -0.3 is 14.6 Å². The van der Waals surface area contributed by atoms with Gasteiger partial charge in [-0.1, -0.05) is 6.07 Å². The summed E-state index contributed by atoms with van der Waals surface area (Å²) in [5, 5.41) is 0.953. The monoisotopic (exact) mass is 324 g/mol. The van der Waals surface area contributed by atoms with Crippen molar-refractivity contribution in [3.8, 4) is 0 Å². The van der Waals surface area contributed by atoms with E-state index in [9.17, 15) is 9.59 Å². The van der Waals surface area contributed by atoms with Gasteiger partial charge in [0.05, 0.1) is 6.61 Å². The van der Waals surface area contributed by atoms with Gasteiger partial charge in [0.15, 0.2) is 0 Å². The van der Waals surface area contributed by atoms with Crippen LogP contribution in [0, 0.1) is 5.92 Å². The summed E-state index contributed by atoms with van der Waals surface area (Å²) in [6.07, 6.45) is 7.03. The van der Waals surface area contributed by atoms with Gasteiger partial charge >= 0.3 is 5.97 Å². The van der Waals surface area contributed by atoms with Gasteiger partial charge in [0.1, 0.15) is 5.69 Å². The molecule has 1 aliphatic carbocycles. The van der Waals surface area contributed by atoms with Crippen LogP contribution >= 0.6 is 0 Å². The van der Waals surface area contributed by atoms with Gasteiger partial charge in [0.2, 0.25) is 5.91 Å². The Kier molecular flexibility index (Phi) is 3.63. The van der Waals surface area contributed by atoms with Gasteiger partial charge in [-0.15, -0.1) is 0 Å². The van der Waals surface area contributed by atoms with Crippen molar-refractivity contribution in [3.63, 3.8) is 0 Å². The number of aromatic nitrogens is 1. The normalized spacial score (nSPS) is 22.9. The molecular weight excluding hydrogens is 304 g/mol. The molecule has 124 valence electrons. The Balaban J connectivity index is 1.55. The maximum atomic E-state index is 12.2. The second-order valence-electron chi connectivity index (χ2n) is 6.48. The van der Waals surface area contributed by atoms with Crippen molar-refractivity contribution >= 4 is 28.9 Å². The molecule has 1 aliphatic heterocycles. The van der Waals surface area contributed by atoms with Crippen LogP contribution < -0.4 is 0 Å². The van der Waals surface area contributed by atoms with Crippen LogP contribution in [0.5, 0.6) is 0 Å². The maximum absolute atomic E-state index is 12.2. The number of H-pyrrole nitrogens is 1. The van der Waals surface area contributed by atoms with Gasteiger partial charge in [-0.05, 0) is 56.0 Å². The fraction of sp³-hybridized carbons (Fsp3) is 0.368. The summed E-state index contributed by atoms with van der Waals surface area (Å²) in [5.41, 5.74) is 2.36. The first-order valence-electron chi connectivity index (χ1n) is 8.46. The highest BCUT2D eigenvalue weighted by Gasteiger charge is 2.43. The van der Waals surface area contributed by atoms with Crippen molar-refractivity contribution in [2.75, 3.05) is 6.61 Å². The molecule has 2 fully saturated rings. The molecule has 1 saturated carbocycles. The zero-order chi connectivity index (χ0) is 16.7. The molecule has 2 bridgehead atoms. The van der Waals surface area contributed by atoms with Gasteiger partial charge in [-0.3, -0.25) is 4.79 Å². The number of nitrogens with zero attached hydrogens (tertiary/aromatic N) is 1. The number of likely N-dealkylation sites (tertiary alicyclic amines) is 1. The predicted octanol–water partition coefficient (Wildman–Crippen LogP) is 3.33. The molecule has 1 saturated heterocycles. The lowest BCUT2D eigenvalue weighted by atomic mass is 10.1. The molecule has 0 radical (unpaired) electrons. The molecule has 1 aromatic carbocycles. The highest BCUT2D eigenvalue weighted by molar-refractivity contribution is 5.95. The van der Waals surface area contributed by atoms with E-state index in [1.807, 2.05) is 35.4 Å². The summed E-state index contributed by atoms with van der Waals surface area (Å²) in [5.74, 6) is 0.151. The van der Waals surface area contributed by atoms with Crippen molar-refractivity contribution < 1.29 is 14.3 Å². The number of amides is 1. The van der Waals surface area contributed by atoms with Gasteiger partial charge in [-0.25, -0.2) is 4.79 Å². The van der Waals surface area contributed by atoms with E-state index in [0.717, 1.165) is 35.7 Å². The summed E-state index contributed by atoms with van der Waals surface area (Å²) in [4.78, 5) is 28.9. The first-order valence-corrected chi connectivity index (χ1v) is 8.46. The number of hydrogen-bond donors (Lipinski definition) is 1. The highest BCUT2D eigenvalue weighted by atomic mass is 16.5. The smallest absolute Gasteiger partial charge is 0.354 e. The second kappa shape index (κ2) is 5.82. The first-order chi connectivity index (χ1) is 11.7. The molecule has 0 spiro atoms. The van der Waals surface area contributed by atoms with Crippen molar-refractivity contribution in [1.29, 1.82) is 0 Å². The number of nitrogens with one attached hydrogen (secondary N) is 1. The van der Waals surface area contributed by atoms with Gasteiger partial charge in [-0.2, -0.15) is 0 Å². The van der Waals surface area contributed by atoms with Crippen LogP contribution in [0.1, 0.15) is 42.2 Å². The first kappa shape index (κ1) is 15.0. The summed E-state index contributed by atoms with van der Waals surface area (Å²) >= 11 is 0. The minimum absolute atomic E-state index is 0.235. The molecule has 24 heavy (non-hydrogen) atoms. The minimum atomic E-state index is -0.343. The number of aromatic amines is 1. The summed E-state index contributed by atoms with van der Waals surface area (Å²) in [6.45, 7) is 2.14. The molecule has 5 heteroatoms. The van der Waals surface area contributed by atoms with E-state index >= 15 is 0 Å². The molecule has 1 N–H and O–H groups in total. The number of fused-ring (bicyclic) bond motifs is 3. The minimum Gasteiger partial charge on any atom is -0.461 e. The number of hydrogen-bond acceptors (Lipinski definition) is 3. The fourth-order valence-electron chi connectivity index (χ4n) is 3.76. The molecule has 1 aromatic heterocycles. The standard InChI is InChI=1S/C19H20N2O3/c1-2-24-19(23)17-11-14-9-12(3-6-16(14)20-17)7-8-21-15-5-4-13(10-15)18(21)22/h3,6-9,11,13,15,20H,2,4-5,10H2,1H3/b8-7+/t13-,15+/m1/s1. The third kappa shape index (κ3) is 2.50. The highest BCUT2D eigenvalue weighted by Crippen LogP contribution is 2.38. The van der Waals surface area contributed by atoms with Crippen LogP contribution in [0.15, 0.2) is 30.5 Å². The van der Waals surface area contributed by atoms with E-state index in [1.54, 1.807) is 13.0 Å². The van der Waals surface area contributed by atoms with Crippen LogP contribution in [-0.4, -0.2) is 34.4 Å². The Morgan fingerprint density at radius 1 is 1.38 bits per heavy atom. The van der Waals surface area contributed by atoms with E-state index < -0.39 is 0 Å². The largest absolute Gasteiger partial charge is 0.461 e. The number of benzene rings is 1. The number of ether oxygens (including phenoxy) is 1. The van der Waals surface area contributed by atoms with E-state index in [2.05, 4.69) is 4.98 Å². The quantitative estimate of drug-likeness (QED) is 0.878. The summed E-state index contributed by atoms with van der Waals surface area (Å²) < 4.78 is 5.01. The molecule has 2 atom stereocenters. The average molecular weight is 324 g/mol. The maximum Gasteiger partial charge on any atom is 0.354 e. The van der Waals surface area contributed by atoms with Crippen molar-refractivity contribution in [1.82, 2.24) is 9.88 Å². The molecule has 2 heterocycles. The Morgan fingerprint density at radius 3 is 3.00 bits per heavy atom. The summed E-state index contributed by atoms with van der Waals surface area (Å²) in [6, 6.07) is 8.10. The van der Waals surface area contributed by atoms with E-state index in [1.165, 1.54) is 0 Å². The number of esters is 1. The van der Waals surface area contributed by atoms with E-state index in [0.29, 0.717) is 18.3 Å².